The fraction of sp³-hybridized carbons (Fsp3) is 0.0682. The molecule has 0 radical (unpaired) electrons. The molecule has 0 aliphatic carbocycles. The van der Waals surface area contributed by atoms with Crippen LogP contribution in [0.25, 0.3) is 78.7 Å². The fourth-order valence-electron chi connectivity index (χ4n) is 6.18. The Morgan fingerprint density at radius 3 is 1.45 bits per heavy atom. The standard InChI is InChI=1S/C44H35N3OSi/c1-49(2,3)39-24-22-31(23-25-39)42-45-43(47-44(46-42)41-29-37-14-7-8-21-40(37)48-41)38-20-11-19-36(28-38)35-18-10-17-34(27-35)33-16-9-15-32(26-33)30-12-5-4-6-13-30/h4-29H,1-3H3. The van der Waals surface area contributed by atoms with E-state index in [2.05, 4.69) is 141 Å². The predicted octanol–water partition coefficient (Wildman–Crippen LogP) is 11.2. The zero-order valence-electron chi connectivity index (χ0n) is 27.8. The lowest BCUT2D eigenvalue weighted by Gasteiger charge is -2.16. The molecule has 6 aromatic carbocycles. The molecular formula is C44H35N3OSi. The molecule has 2 heterocycles. The number of para-hydroxylation sites is 1. The van der Waals surface area contributed by atoms with Crippen LogP contribution in [0.15, 0.2) is 162 Å². The SMILES string of the molecule is C[Si](C)(C)c1ccc(-c2nc(-c3cccc(-c4cccc(-c5cccc(-c6ccccc6)c5)c4)c3)nc(-c3cc4ccccc4o3)n2)cc1. The molecule has 236 valence electrons. The summed E-state index contributed by atoms with van der Waals surface area (Å²) in [6.45, 7) is 7.06. The van der Waals surface area contributed by atoms with Crippen molar-refractivity contribution in [3.05, 3.63) is 158 Å². The fourth-order valence-corrected chi connectivity index (χ4v) is 7.35. The van der Waals surface area contributed by atoms with E-state index in [0.29, 0.717) is 23.2 Å². The third-order valence-corrected chi connectivity index (χ3v) is 11.0. The molecule has 0 fully saturated rings. The van der Waals surface area contributed by atoms with Gasteiger partial charge < -0.3 is 4.42 Å². The maximum atomic E-state index is 6.24. The van der Waals surface area contributed by atoms with Crippen LogP contribution in [0.4, 0.5) is 0 Å². The number of furan rings is 1. The van der Waals surface area contributed by atoms with Crippen molar-refractivity contribution in [1.82, 2.24) is 15.0 Å². The van der Waals surface area contributed by atoms with Gasteiger partial charge in [-0.1, -0.05) is 152 Å². The monoisotopic (exact) mass is 649 g/mol. The van der Waals surface area contributed by atoms with Gasteiger partial charge in [-0.3, -0.25) is 0 Å². The van der Waals surface area contributed by atoms with Gasteiger partial charge in [0.05, 0.1) is 8.07 Å². The molecule has 5 heteroatoms. The average Bonchev–Trinajstić information content (AvgIpc) is 3.60. The Morgan fingerprint density at radius 2 is 0.857 bits per heavy atom. The van der Waals surface area contributed by atoms with Crippen molar-refractivity contribution < 1.29 is 4.42 Å². The van der Waals surface area contributed by atoms with E-state index in [0.717, 1.165) is 38.8 Å². The third-order valence-electron chi connectivity index (χ3n) is 8.91. The molecule has 8 rings (SSSR count). The largest absolute Gasteiger partial charge is 0.453 e. The number of hydrogen-bond donors (Lipinski definition) is 0. The number of nitrogens with zero attached hydrogens (tertiary/aromatic N) is 3. The van der Waals surface area contributed by atoms with Crippen LogP contribution in [-0.4, -0.2) is 23.0 Å². The van der Waals surface area contributed by atoms with Gasteiger partial charge in [0.15, 0.2) is 23.2 Å². The maximum Gasteiger partial charge on any atom is 0.199 e. The molecule has 0 saturated heterocycles. The third kappa shape index (κ3) is 6.36. The van der Waals surface area contributed by atoms with Crippen LogP contribution >= 0.6 is 0 Å². The molecule has 0 unspecified atom stereocenters. The number of rotatable bonds is 7. The van der Waals surface area contributed by atoms with E-state index in [1.165, 1.54) is 21.9 Å². The smallest absolute Gasteiger partial charge is 0.199 e. The summed E-state index contributed by atoms with van der Waals surface area (Å²) in [5.74, 6) is 2.35. The lowest BCUT2D eigenvalue weighted by molar-refractivity contribution is 0.625. The second-order valence-corrected chi connectivity index (χ2v) is 18.5. The van der Waals surface area contributed by atoms with Gasteiger partial charge in [-0.15, -0.1) is 0 Å². The summed E-state index contributed by atoms with van der Waals surface area (Å²) in [5.41, 5.74) is 9.62. The van der Waals surface area contributed by atoms with E-state index in [4.69, 9.17) is 19.4 Å². The van der Waals surface area contributed by atoms with Gasteiger partial charge in [-0.25, -0.2) is 15.0 Å². The molecule has 0 atom stereocenters. The average molecular weight is 650 g/mol. The number of hydrogen-bond acceptors (Lipinski definition) is 4. The van der Waals surface area contributed by atoms with Crippen molar-refractivity contribution >= 4 is 24.2 Å². The van der Waals surface area contributed by atoms with Crippen molar-refractivity contribution in [2.75, 3.05) is 0 Å². The zero-order valence-corrected chi connectivity index (χ0v) is 28.8. The van der Waals surface area contributed by atoms with Crippen molar-refractivity contribution in [2.24, 2.45) is 0 Å². The Balaban J connectivity index is 1.19. The molecule has 0 aliphatic rings. The summed E-state index contributed by atoms with van der Waals surface area (Å²) in [5, 5.41) is 2.40. The second kappa shape index (κ2) is 12.6. The van der Waals surface area contributed by atoms with Gasteiger partial charge in [0.2, 0.25) is 0 Å². The summed E-state index contributed by atoms with van der Waals surface area (Å²) in [7, 11) is -1.45. The van der Waals surface area contributed by atoms with Crippen LogP contribution in [0.5, 0.6) is 0 Å². The summed E-state index contributed by atoms with van der Waals surface area (Å²) >= 11 is 0. The number of benzene rings is 6. The Hall–Kier alpha value is -5.91. The molecule has 2 aromatic heterocycles. The number of fused-ring (bicyclic) bond motifs is 1. The highest BCUT2D eigenvalue weighted by molar-refractivity contribution is 6.88. The molecule has 0 N–H and O–H groups in total. The molecule has 0 amide bonds. The molecular weight excluding hydrogens is 615 g/mol. The van der Waals surface area contributed by atoms with Gasteiger partial charge in [-0.2, -0.15) is 0 Å². The highest BCUT2D eigenvalue weighted by Gasteiger charge is 2.19. The van der Waals surface area contributed by atoms with E-state index in [1.807, 2.05) is 36.4 Å². The Kier molecular flexibility index (Phi) is 7.82. The Morgan fingerprint density at radius 1 is 0.388 bits per heavy atom. The summed E-state index contributed by atoms with van der Waals surface area (Å²) in [6.07, 6.45) is 0. The van der Waals surface area contributed by atoms with Gasteiger partial charge in [0.25, 0.3) is 0 Å². The van der Waals surface area contributed by atoms with E-state index in [9.17, 15) is 0 Å². The van der Waals surface area contributed by atoms with Gasteiger partial charge >= 0.3 is 0 Å². The van der Waals surface area contributed by atoms with Gasteiger partial charge in [0, 0.05) is 16.5 Å². The van der Waals surface area contributed by atoms with Gasteiger partial charge in [-0.05, 0) is 63.7 Å². The second-order valence-electron chi connectivity index (χ2n) is 13.4. The van der Waals surface area contributed by atoms with E-state index >= 15 is 0 Å². The first kappa shape index (κ1) is 30.4. The summed E-state index contributed by atoms with van der Waals surface area (Å²) in [4.78, 5) is 14.9. The first-order chi connectivity index (χ1) is 23.9. The predicted molar refractivity (Wildman–Crippen MR) is 205 cm³/mol. The number of aromatic nitrogens is 3. The minimum absolute atomic E-state index is 0.510. The molecule has 0 aliphatic heterocycles. The highest BCUT2D eigenvalue weighted by Crippen LogP contribution is 2.33. The van der Waals surface area contributed by atoms with Crippen LogP contribution in [0.3, 0.4) is 0 Å². The molecule has 49 heavy (non-hydrogen) atoms. The van der Waals surface area contributed by atoms with Crippen molar-refractivity contribution in [1.29, 1.82) is 0 Å². The lowest BCUT2D eigenvalue weighted by atomic mass is 9.95. The quantitative estimate of drug-likeness (QED) is 0.161. The normalized spacial score (nSPS) is 11.6. The van der Waals surface area contributed by atoms with Crippen LogP contribution in [0.1, 0.15) is 0 Å². The van der Waals surface area contributed by atoms with Crippen LogP contribution < -0.4 is 5.19 Å². The summed E-state index contributed by atoms with van der Waals surface area (Å²) in [6, 6.07) is 55.0. The Labute approximate surface area is 287 Å². The van der Waals surface area contributed by atoms with E-state index < -0.39 is 8.07 Å². The minimum atomic E-state index is -1.45. The highest BCUT2D eigenvalue weighted by atomic mass is 28.3. The topological polar surface area (TPSA) is 51.8 Å². The summed E-state index contributed by atoms with van der Waals surface area (Å²) < 4.78 is 6.24. The first-order valence-corrected chi connectivity index (χ1v) is 20.1. The molecule has 0 bridgehead atoms. The van der Waals surface area contributed by atoms with E-state index in [-0.39, 0.29) is 0 Å². The van der Waals surface area contributed by atoms with Crippen LogP contribution in [-0.2, 0) is 0 Å². The van der Waals surface area contributed by atoms with E-state index in [1.54, 1.807) is 0 Å². The van der Waals surface area contributed by atoms with Gasteiger partial charge in [0.1, 0.15) is 5.58 Å². The first-order valence-electron chi connectivity index (χ1n) is 16.6. The molecule has 0 saturated carbocycles. The van der Waals surface area contributed by atoms with Crippen molar-refractivity contribution in [3.8, 4) is 67.7 Å². The molecule has 8 aromatic rings. The Bertz CT molecular complexity index is 2390. The lowest BCUT2D eigenvalue weighted by Crippen LogP contribution is -2.37. The minimum Gasteiger partial charge on any atom is -0.453 e. The van der Waals surface area contributed by atoms with Crippen molar-refractivity contribution in [2.45, 2.75) is 19.6 Å². The van der Waals surface area contributed by atoms with Crippen molar-refractivity contribution in [3.63, 3.8) is 0 Å². The molecule has 4 nitrogen and oxygen atoms in total. The van der Waals surface area contributed by atoms with Crippen LogP contribution in [0, 0.1) is 0 Å². The van der Waals surface area contributed by atoms with Crippen LogP contribution in [0.2, 0.25) is 19.6 Å². The zero-order chi connectivity index (χ0) is 33.4. The maximum absolute atomic E-state index is 6.24. The molecule has 0 spiro atoms.